The van der Waals surface area contributed by atoms with Crippen molar-refractivity contribution in [1.82, 2.24) is 0 Å². The largest absolute Gasteiger partial charge is 0.482 e. The molecule has 1 atom stereocenters. The minimum atomic E-state index is -0.262. The van der Waals surface area contributed by atoms with Gasteiger partial charge in [-0.15, -0.1) is 0 Å². The van der Waals surface area contributed by atoms with Gasteiger partial charge < -0.3 is 4.74 Å². The van der Waals surface area contributed by atoms with E-state index in [0.717, 1.165) is 17.7 Å². The average Bonchev–Trinajstić information content (AvgIpc) is 2.58. The van der Waals surface area contributed by atoms with Crippen molar-refractivity contribution in [1.29, 1.82) is 0 Å². The number of hydrogen-bond acceptors (Lipinski definition) is 2. The van der Waals surface area contributed by atoms with Gasteiger partial charge >= 0.3 is 0 Å². The third-order valence-electron chi connectivity index (χ3n) is 2.78. The molecule has 0 radical (unpaired) electrons. The SMILES string of the molecule is Cc1ccc2c(c1)OC(C(=O)C(C)C)C2. The molecule has 0 saturated heterocycles. The second-order valence-corrected chi connectivity index (χ2v) is 4.48. The molecule has 0 aliphatic carbocycles. The predicted octanol–water partition coefficient (Wildman–Crippen LogP) is 2.52. The smallest absolute Gasteiger partial charge is 0.176 e. The lowest BCUT2D eigenvalue weighted by Crippen LogP contribution is -2.29. The number of Topliss-reactive ketones (excluding diaryl/α,β-unsaturated/α-hetero) is 1. The molecule has 1 aliphatic heterocycles. The van der Waals surface area contributed by atoms with Gasteiger partial charge in [0.15, 0.2) is 11.9 Å². The first kappa shape index (κ1) is 10.2. The molecule has 0 fully saturated rings. The van der Waals surface area contributed by atoms with Gasteiger partial charge in [-0.25, -0.2) is 0 Å². The maximum atomic E-state index is 11.8. The minimum Gasteiger partial charge on any atom is -0.482 e. The van der Waals surface area contributed by atoms with E-state index in [2.05, 4.69) is 12.1 Å². The van der Waals surface area contributed by atoms with E-state index in [1.807, 2.05) is 26.8 Å². The molecule has 1 aliphatic rings. The van der Waals surface area contributed by atoms with Gasteiger partial charge in [-0.2, -0.15) is 0 Å². The van der Waals surface area contributed by atoms with Crippen LogP contribution in [0.25, 0.3) is 0 Å². The molecule has 0 aromatic heterocycles. The zero-order valence-electron chi connectivity index (χ0n) is 9.41. The van der Waals surface area contributed by atoms with E-state index in [1.54, 1.807) is 0 Å². The summed E-state index contributed by atoms with van der Waals surface area (Å²) in [5, 5.41) is 0. The fourth-order valence-corrected chi connectivity index (χ4v) is 1.87. The summed E-state index contributed by atoms with van der Waals surface area (Å²) in [6.45, 7) is 5.86. The lowest BCUT2D eigenvalue weighted by atomic mass is 10.00. The zero-order chi connectivity index (χ0) is 11.0. The topological polar surface area (TPSA) is 26.3 Å². The van der Waals surface area contributed by atoms with E-state index in [-0.39, 0.29) is 17.8 Å². The van der Waals surface area contributed by atoms with Crippen molar-refractivity contribution in [3.8, 4) is 5.75 Å². The highest BCUT2D eigenvalue weighted by Crippen LogP contribution is 2.30. The highest BCUT2D eigenvalue weighted by molar-refractivity contribution is 5.86. The van der Waals surface area contributed by atoms with Gasteiger partial charge in [0.2, 0.25) is 0 Å². The molecule has 0 amide bonds. The number of carbonyl (C=O) groups excluding carboxylic acids is 1. The number of hydrogen-bond donors (Lipinski definition) is 0. The van der Waals surface area contributed by atoms with Gasteiger partial charge in [-0.3, -0.25) is 4.79 Å². The van der Waals surface area contributed by atoms with Crippen LogP contribution in [-0.2, 0) is 11.2 Å². The molecule has 2 rings (SSSR count). The highest BCUT2D eigenvalue weighted by Gasteiger charge is 2.30. The van der Waals surface area contributed by atoms with Crippen LogP contribution in [0.15, 0.2) is 18.2 Å². The van der Waals surface area contributed by atoms with E-state index in [4.69, 9.17) is 4.74 Å². The second-order valence-electron chi connectivity index (χ2n) is 4.48. The number of aryl methyl sites for hydroxylation is 1. The summed E-state index contributed by atoms with van der Waals surface area (Å²) in [4.78, 5) is 11.8. The van der Waals surface area contributed by atoms with Crippen molar-refractivity contribution in [2.24, 2.45) is 5.92 Å². The maximum Gasteiger partial charge on any atom is 0.176 e. The Morgan fingerprint density at radius 2 is 2.20 bits per heavy atom. The maximum absolute atomic E-state index is 11.8. The van der Waals surface area contributed by atoms with Crippen LogP contribution in [-0.4, -0.2) is 11.9 Å². The minimum absolute atomic E-state index is 0.0467. The number of ketones is 1. The number of fused-ring (bicyclic) bond motifs is 1. The van der Waals surface area contributed by atoms with Crippen molar-refractivity contribution >= 4 is 5.78 Å². The molecule has 1 aromatic rings. The normalized spacial score (nSPS) is 18.8. The molecule has 0 spiro atoms. The van der Waals surface area contributed by atoms with Crippen LogP contribution >= 0.6 is 0 Å². The van der Waals surface area contributed by atoms with E-state index < -0.39 is 0 Å². The van der Waals surface area contributed by atoms with Crippen molar-refractivity contribution in [2.75, 3.05) is 0 Å². The first-order valence-corrected chi connectivity index (χ1v) is 5.38. The quantitative estimate of drug-likeness (QED) is 0.740. The molecule has 80 valence electrons. The Morgan fingerprint density at radius 1 is 1.47 bits per heavy atom. The van der Waals surface area contributed by atoms with Gasteiger partial charge in [0.05, 0.1) is 0 Å². The molecule has 2 nitrogen and oxygen atoms in total. The Bertz CT molecular complexity index is 394. The Labute approximate surface area is 90.3 Å². The van der Waals surface area contributed by atoms with Crippen LogP contribution in [0, 0.1) is 12.8 Å². The Kier molecular flexibility index (Phi) is 2.51. The molecule has 0 bridgehead atoms. The lowest BCUT2D eigenvalue weighted by Gasteiger charge is -2.11. The van der Waals surface area contributed by atoms with Crippen molar-refractivity contribution in [2.45, 2.75) is 33.3 Å². The van der Waals surface area contributed by atoms with E-state index in [1.165, 1.54) is 5.56 Å². The average molecular weight is 204 g/mol. The highest BCUT2D eigenvalue weighted by atomic mass is 16.5. The van der Waals surface area contributed by atoms with Crippen LogP contribution < -0.4 is 4.74 Å². The first-order chi connectivity index (χ1) is 7.08. The predicted molar refractivity (Wildman–Crippen MR) is 59.1 cm³/mol. The van der Waals surface area contributed by atoms with Crippen molar-refractivity contribution in [3.63, 3.8) is 0 Å². The van der Waals surface area contributed by atoms with Gasteiger partial charge in [0.1, 0.15) is 5.75 Å². The Morgan fingerprint density at radius 3 is 2.87 bits per heavy atom. The third-order valence-corrected chi connectivity index (χ3v) is 2.78. The van der Waals surface area contributed by atoms with Gasteiger partial charge in [0, 0.05) is 12.3 Å². The molecular formula is C13H16O2. The zero-order valence-corrected chi connectivity index (χ0v) is 9.41. The fourth-order valence-electron chi connectivity index (χ4n) is 1.87. The lowest BCUT2D eigenvalue weighted by molar-refractivity contribution is -0.128. The Balaban J connectivity index is 2.19. The number of benzene rings is 1. The monoisotopic (exact) mass is 204 g/mol. The van der Waals surface area contributed by atoms with E-state index in [9.17, 15) is 4.79 Å². The fraction of sp³-hybridized carbons (Fsp3) is 0.462. The number of carbonyl (C=O) groups is 1. The molecule has 0 saturated carbocycles. The summed E-state index contributed by atoms with van der Waals surface area (Å²) in [6.07, 6.45) is 0.467. The molecule has 0 N–H and O–H groups in total. The van der Waals surface area contributed by atoms with Crippen LogP contribution in [0.2, 0.25) is 0 Å². The standard InChI is InChI=1S/C13H16O2/c1-8(2)13(14)12-7-10-5-4-9(3)6-11(10)15-12/h4-6,8,12H,7H2,1-3H3. The summed E-state index contributed by atoms with van der Waals surface area (Å²) in [5.41, 5.74) is 2.32. The third kappa shape index (κ3) is 1.89. The number of rotatable bonds is 2. The van der Waals surface area contributed by atoms with E-state index in [0.29, 0.717) is 0 Å². The molecule has 2 heteroatoms. The van der Waals surface area contributed by atoms with Crippen LogP contribution in [0.1, 0.15) is 25.0 Å². The second kappa shape index (κ2) is 3.69. The van der Waals surface area contributed by atoms with Crippen LogP contribution in [0.4, 0.5) is 0 Å². The summed E-state index contributed by atoms with van der Waals surface area (Å²) >= 11 is 0. The molecule has 1 heterocycles. The molecule has 1 unspecified atom stereocenters. The van der Waals surface area contributed by atoms with Gasteiger partial charge in [0.25, 0.3) is 0 Å². The van der Waals surface area contributed by atoms with Gasteiger partial charge in [-0.1, -0.05) is 26.0 Å². The summed E-state index contributed by atoms with van der Waals surface area (Å²) in [6, 6.07) is 6.12. The summed E-state index contributed by atoms with van der Waals surface area (Å²) in [5.74, 6) is 1.13. The molecule has 1 aromatic carbocycles. The first-order valence-electron chi connectivity index (χ1n) is 5.38. The van der Waals surface area contributed by atoms with Crippen LogP contribution in [0.3, 0.4) is 0 Å². The molecular weight excluding hydrogens is 188 g/mol. The summed E-state index contributed by atoms with van der Waals surface area (Å²) < 4.78 is 5.66. The van der Waals surface area contributed by atoms with E-state index >= 15 is 0 Å². The molecule has 15 heavy (non-hydrogen) atoms. The van der Waals surface area contributed by atoms with Gasteiger partial charge in [-0.05, 0) is 24.1 Å². The van der Waals surface area contributed by atoms with Crippen molar-refractivity contribution in [3.05, 3.63) is 29.3 Å². The number of ether oxygens (including phenoxy) is 1. The Hall–Kier alpha value is -1.31. The van der Waals surface area contributed by atoms with Crippen LogP contribution in [0.5, 0.6) is 5.75 Å². The van der Waals surface area contributed by atoms with Crippen molar-refractivity contribution < 1.29 is 9.53 Å². The summed E-state index contributed by atoms with van der Waals surface area (Å²) in [7, 11) is 0.